The van der Waals surface area contributed by atoms with Gasteiger partial charge in [-0.25, -0.2) is 14.3 Å². The highest BCUT2D eigenvalue weighted by molar-refractivity contribution is 6.30. The van der Waals surface area contributed by atoms with Crippen LogP contribution in [-0.4, -0.2) is 19.0 Å². The SMILES string of the molecule is Cn1cc([N+](=O)[O-])c(=O)n(Cc2cccnc2Cl)c1=O. The lowest BCUT2D eigenvalue weighted by Crippen LogP contribution is -2.39. The molecule has 2 aromatic heterocycles. The second-order valence-electron chi connectivity index (χ2n) is 4.01. The van der Waals surface area contributed by atoms with E-state index in [4.69, 9.17) is 11.6 Å². The van der Waals surface area contributed by atoms with Crippen molar-refractivity contribution in [2.75, 3.05) is 0 Å². The van der Waals surface area contributed by atoms with Crippen LogP contribution in [0.2, 0.25) is 5.15 Å². The van der Waals surface area contributed by atoms with Crippen molar-refractivity contribution in [3.8, 4) is 0 Å². The molecule has 2 heterocycles. The van der Waals surface area contributed by atoms with Crippen molar-refractivity contribution in [2.24, 2.45) is 7.05 Å². The van der Waals surface area contributed by atoms with Crippen LogP contribution in [0.15, 0.2) is 34.1 Å². The van der Waals surface area contributed by atoms with E-state index < -0.39 is 21.9 Å². The first-order chi connectivity index (χ1) is 9.41. The predicted molar refractivity (Wildman–Crippen MR) is 70.9 cm³/mol. The molecule has 9 heteroatoms. The second-order valence-corrected chi connectivity index (χ2v) is 4.37. The van der Waals surface area contributed by atoms with Crippen LogP contribution in [0.5, 0.6) is 0 Å². The molecule has 8 nitrogen and oxygen atoms in total. The van der Waals surface area contributed by atoms with E-state index in [1.165, 1.54) is 13.2 Å². The number of aromatic nitrogens is 3. The van der Waals surface area contributed by atoms with Crippen molar-refractivity contribution in [2.45, 2.75) is 6.54 Å². The lowest BCUT2D eigenvalue weighted by atomic mass is 10.3. The van der Waals surface area contributed by atoms with Crippen LogP contribution >= 0.6 is 11.6 Å². The summed E-state index contributed by atoms with van der Waals surface area (Å²) >= 11 is 5.85. The second kappa shape index (κ2) is 5.25. The fraction of sp³-hybridized carbons (Fsp3) is 0.182. The normalized spacial score (nSPS) is 10.5. The topological polar surface area (TPSA) is 100 Å². The zero-order valence-corrected chi connectivity index (χ0v) is 11.1. The molecule has 0 aliphatic heterocycles. The maximum absolute atomic E-state index is 11.9. The Hall–Kier alpha value is -2.48. The molecule has 0 aliphatic rings. The van der Waals surface area contributed by atoms with E-state index in [1.54, 1.807) is 12.1 Å². The fourth-order valence-electron chi connectivity index (χ4n) is 1.68. The summed E-state index contributed by atoms with van der Waals surface area (Å²) in [5, 5.41) is 10.9. The molecule has 0 bridgehead atoms. The van der Waals surface area contributed by atoms with Crippen LogP contribution in [0.3, 0.4) is 0 Å². The molecule has 2 rings (SSSR count). The summed E-state index contributed by atoms with van der Waals surface area (Å²) in [6, 6.07) is 3.17. The number of nitro groups is 1. The van der Waals surface area contributed by atoms with Crippen LogP contribution < -0.4 is 11.2 Å². The smallest absolute Gasteiger partial charge is 0.297 e. The van der Waals surface area contributed by atoms with Crippen LogP contribution in [0.4, 0.5) is 5.69 Å². The zero-order chi connectivity index (χ0) is 14.9. The lowest BCUT2D eigenvalue weighted by Gasteiger charge is -2.07. The monoisotopic (exact) mass is 296 g/mol. The van der Waals surface area contributed by atoms with Gasteiger partial charge in [0.25, 0.3) is 0 Å². The van der Waals surface area contributed by atoms with Gasteiger partial charge in [0.1, 0.15) is 5.15 Å². The van der Waals surface area contributed by atoms with Crippen molar-refractivity contribution in [3.05, 3.63) is 66.2 Å². The van der Waals surface area contributed by atoms with Gasteiger partial charge in [-0.15, -0.1) is 0 Å². The molecule has 0 aromatic carbocycles. The lowest BCUT2D eigenvalue weighted by molar-refractivity contribution is -0.387. The third kappa shape index (κ3) is 2.45. The molecule has 20 heavy (non-hydrogen) atoms. The number of rotatable bonds is 3. The minimum absolute atomic E-state index is 0.132. The van der Waals surface area contributed by atoms with Crippen molar-refractivity contribution in [3.63, 3.8) is 0 Å². The molecule has 0 saturated heterocycles. The highest BCUT2D eigenvalue weighted by Gasteiger charge is 2.19. The molecule has 0 unspecified atom stereocenters. The van der Waals surface area contributed by atoms with E-state index in [1.807, 2.05) is 0 Å². The Morgan fingerprint density at radius 2 is 2.15 bits per heavy atom. The molecule has 0 spiro atoms. The fourth-order valence-corrected chi connectivity index (χ4v) is 1.86. The Bertz CT molecular complexity index is 796. The number of halogens is 1. The summed E-state index contributed by atoms with van der Waals surface area (Å²) in [5.41, 5.74) is -1.89. The Labute approximate surface area is 117 Å². The van der Waals surface area contributed by atoms with Gasteiger partial charge in [0, 0.05) is 18.8 Å². The quantitative estimate of drug-likeness (QED) is 0.468. The number of nitrogens with zero attached hydrogens (tertiary/aromatic N) is 4. The minimum atomic E-state index is -0.974. The van der Waals surface area contributed by atoms with Crippen molar-refractivity contribution < 1.29 is 4.92 Å². The molecule has 0 amide bonds. The van der Waals surface area contributed by atoms with Gasteiger partial charge in [0.15, 0.2) is 0 Å². The molecular formula is C11H9ClN4O4. The molecule has 0 N–H and O–H groups in total. The highest BCUT2D eigenvalue weighted by atomic mass is 35.5. The Balaban J connectivity index is 2.63. The first-order valence-electron chi connectivity index (χ1n) is 5.46. The van der Waals surface area contributed by atoms with E-state index in [0.29, 0.717) is 5.56 Å². The van der Waals surface area contributed by atoms with E-state index in [9.17, 15) is 19.7 Å². The highest BCUT2D eigenvalue weighted by Crippen LogP contribution is 2.12. The van der Waals surface area contributed by atoms with Crippen LogP contribution in [0, 0.1) is 10.1 Å². The molecule has 0 radical (unpaired) electrons. The first-order valence-corrected chi connectivity index (χ1v) is 5.84. The van der Waals surface area contributed by atoms with Gasteiger partial charge in [-0.1, -0.05) is 17.7 Å². The van der Waals surface area contributed by atoms with Gasteiger partial charge in [-0.05, 0) is 6.07 Å². The number of hydrogen-bond acceptors (Lipinski definition) is 5. The van der Waals surface area contributed by atoms with E-state index >= 15 is 0 Å². The van der Waals surface area contributed by atoms with Gasteiger partial charge < -0.3 is 0 Å². The molecule has 0 atom stereocenters. The molecule has 104 valence electrons. The minimum Gasteiger partial charge on any atom is -0.297 e. The number of hydrogen-bond donors (Lipinski definition) is 0. The van der Waals surface area contributed by atoms with E-state index in [-0.39, 0.29) is 11.7 Å². The maximum atomic E-state index is 11.9. The Morgan fingerprint density at radius 3 is 2.75 bits per heavy atom. The summed E-state index contributed by atoms with van der Waals surface area (Å²) in [4.78, 5) is 37.7. The van der Waals surface area contributed by atoms with Gasteiger partial charge in [-0.2, -0.15) is 0 Å². The summed E-state index contributed by atoms with van der Waals surface area (Å²) in [7, 11) is 1.33. The van der Waals surface area contributed by atoms with Crippen molar-refractivity contribution in [1.82, 2.24) is 14.1 Å². The predicted octanol–water partition coefficient (Wildman–Crippen LogP) is 0.552. The van der Waals surface area contributed by atoms with Crippen molar-refractivity contribution in [1.29, 1.82) is 0 Å². The number of pyridine rings is 1. The Morgan fingerprint density at radius 1 is 1.45 bits per heavy atom. The molecule has 0 saturated carbocycles. The third-order valence-electron chi connectivity index (χ3n) is 2.67. The number of aryl methyl sites for hydroxylation is 1. The van der Waals surface area contributed by atoms with Crippen LogP contribution in [0.1, 0.15) is 5.56 Å². The van der Waals surface area contributed by atoms with E-state index in [2.05, 4.69) is 4.98 Å². The van der Waals surface area contributed by atoms with Gasteiger partial charge in [0.05, 0.1) is 17.7 Å². The average Bonchev–Trinajstić information content (AvgIpc) is 2.40. The summed E-state index contributed by atoms with van der Waals surface area (Å²) < 4.78 is 1.73. The van der Waals surface area contributed by atoms with Crippen LogP contribution in [-0.2, 0) is 13.6 Å². The molecular weight excluding hydrogens is 288 g/mol. The summed E-state index contributed by atoms with van der Waals surface area (Å²) in [5.74, 6) is 0. The largest absolute Gasteiger partial charge is 0.350 e. The van der Waals surface area contributed by atoms with E-state index in [0.717, 1.165) is 15.3 Å². The standard InChI is InChI=1S/C11H9ClN4O4/c1-14-6-8(16(19)20)10(17)15(11(14)18)5-7-3-2-4-13-9(7)12/h2-4,6H,5H2,1H3. The summed E-state index contributed by atoms with van der Waals surface area (Å²) in [6.45, 7) is -0.181. The maximum Gasteiger partial charge on any atom is 0.350 e. The van der Waals surface area contributed by atoms with Gasteiger partial charge in [-0.3, -0.25) is 19.5 Å². The Kier molecular flexibility index (Phi) is 3.66. The zero-order valence-electron chi connectivity index (χ0n) is 10.3. The van der Waals surface area contributed by atoms with Gasteiger partial charge >= 0.3 is 16.9 Å². The van der Waals surface area contributed by atoms with Crippen LogP contribution in [0.25, 0.3) is 0 Å². The molecule has 0 aliphatic carbocycles. The van der Waals surface area contributed by atoms with Crippen molar-refractivity contribution >= 4 is 17.3 Å². The third-order valence-corrected chi connectivity index (χ3v) is 3.01. The molecule has 0 fully saturated rings. The summed E-state index contributed by atoms with van der Waals surface area (Å²) in [6.07, 6.45) is 2.35. The average molecular weight is 297 g/mol. The first kappa shape index (κ1) is 13.9. The molecule has 2 aromatic rings. The van der Waals surface area contributed by atoms with Gasteiger partial charge in [0.2, 0.25) is 0 Å².